The minimum Gasteiger partial charge on any atom is -0.288 e. The standard InChI is InChI=1S/C20H16F2N2O2S2/c1-3-15-6-9-19(28-15)18(26)8-5-14-11-27-20(23-14)24(12(2)25)17-7-4-13(21)10-16(17)22/h4-11H,3H2,1-2H3/b8-5+. The summed E-state index contributed by atoms with van der Waals surface area (Å²) in [5.74, 6) is -2.18. The predicted octanol–water partition coefficient (Wildman–Crippen LogP) is 5.63. The summed E-state index contributed by atoms with van der Waals surface area (Å²) in [6.07, 6.45) is 3.84. The first-order valence-electron chi connectivity index (χ1n) is 8.41. The van der Waals surface area contributed by atoms with Crippen molar-refractivity contribution in [2.24, 2.45) is 0 Å². The Hall–Kier alpha value is -2.71. The van der Waals surface area contributed by atoms with E-state index >= 15 is 0 Å². The average Bonchev–Trinajstić information content (AvgIpc) is 3.31. The smallest absolute Gasteiger partial charge is 0.230 e. The molecule has 0 bridgehead atoms. The van der Waals surface area contributed by atoms with Gasteiger partial charge >= 0.3 is 0 Å². The van der Waals surface area contributed by atoms with E-state index in [1.807, 2.05) is 13.0 Å². The van der Waals surface area contributed by atoms with Gasteiger partial charge in [0.2, 0.25) is 5.91 Å². The Morgan fingerprint density at radius 1 is 1.21 bits per heavy atom. The summed E-state index contributed by atoms with van der Waals surface area (Å²) in [6.45, 7) is 3.29. The molecule has 2 aromatic heterocycles. The van der Waals surface area contributed by atoms with E-state index in [0.717, 1.165) is 33.6 Å². The zero-order valence-electron chi connectivity index (χ0n) is 15.1. The van der Waals surface area contributed by atoms with Gasteiger partial charge in [0.1, 0.15) is 11.6 Å². The number of thiophene rings is 1. The highest BCUT2D eigenvalue weighted by Crippen LogP contribution is 2.31. The second kappa shape index (κ2) is 8.53. The molecule has 0 saturated heterocycles. The number of anilines is 2. The van der Waals surface area contributed by atoms with E-state index in [1.165, 1.54) is 30.4 Å². The largest absolute Gasteiger partial charge is 0.288 e. The maximum atomic E-state index is 14.1. The molecule has 0 aliphatic heterocycles. The Bertz CT molecular complexity index is 1060. The van der Waals surface area contributed by atoms with E-state index in [-0.39, 0.29) is 16.6 Å². The van der Waals surface area contributed by atoms with Crippen LogP contribution in [0.5, 0.6) is 0 Å². The maximum absolute atomic E-state index is 14.1. The number of aryl methyl sites for hydroxylation is 1. The third-order valence-electron chi connectivity index (χ3n) is 3.83. The third-order valence-corrected chi connectivity index (χ3v) is 5.91. The van der Waals surface area contributed by atoms with Crippen LogP contribution >= 0.6 is 22.7 Å². The van der Waals surface area contributed by atoms with Crippen LogP contribution < -0.4 is 4.90 Å². The number of nitrogens with zero attached hydrogens (tertiary/aromatic N) is 2. The zero-order chi connectivity index (χ0) is 20.3. The molecule has 0 saturated carbocycles. The Morgan fingerprint density at radius 3 is 2.64 bits per heavy atom. The van der Waals surface area contributed by atoms with E-state index in [2.05, 4.69) is 4.98 Å². The van der Waals surface area contributed by atoms with Crippen LogP contribution in [0.4, 0.5) is 19.6 Å². The second-order valence-corrected chi connectivity index (χ2v) is 7.83. The number of thiazole rings is 1. The Morgan fingerprint density at radius 2 is 2.00 bits per heavy atom. The van der Waals surface area contributed by atoms with Gasteiger partial charge in [0.05, 0.1) is 16.3 Å². The van der Waals surface area contributed by atoms with Gasteiger partial charge in [-0.2, -0.15) is 0 Å². The number of carbonyl (C=O) groups excluding carboxylic acids is 2. The lowest BCUT2D eigenvalue weighted by atomic mass is 10.2. The highest BCUT2D eigenvalue weighted by Gasteiger charge is 2.21. The number of ketones is 1. The van der Waals surface area contributed by atoms with Crippen LogP contribution in [-0.4, -0.2) is 16.7 Å². The summed E-state index contributed by atoms with van der Waals surface area (Å²) >= 11 is 2.57. The summed E-state index contributed by atoms with van der Waals surface area (Å²) < 4.78 is 27.3. The van der Waals surface area contributed by atoms with E-state index < -0.39 is 17.5 Å². The Balaban J connectivity index is 1.83. The summed E-state index contributed by atoms with van der Waals surface area (Å²) in [5.41, 5.74) is 0.384. The third kappa shape index (κ3) is 4.40. The first-order valence-corrected chi connectivity index (χ1v) is 10.1. The number of aromatic nitrogens is 1. The van der Waals surface area contributed by atoms with Crippen molar-refractivity contribution < 1.29 is 18.4 Å². The minimum absolute atomic E-state index is 0.0828. The van der Waals surface area contributed by atoms with Gasteiger partial charge in [-0.1, -0.05) is 6.92 Å². The van der Waals surface area contributed by atoms with Crippen molar-refractivity contribution in [2.75, 3.05) is 4.90 Å². The molecule has 8 heteroatoms. The van der Waals surface area contributed by atoms with Crippen molar-refractivity contribution >= 4 is 51.3 Å². The van der Waals surface area contributed by atoms with Gasteiger partial charge in [-0.05, 0) is 42.8 Å². The van der Waals surface area contributed by atoms with Gasteiger partial charge in [0.25, 0.3) is 0 Å². The number of benzene rings is 1. The first-order chi connectivity index (χ1) is 13.4. The monoisotopic (exact) mass is 418 g/mol. The van der Waals surface area contributed by atoms with Crippen LogP contribution in [0.3, 0.4) is 0 Å². The number of hydrogen-bond donors (Lipinski definition) is 0. The number of rotatable bonds is 6. The molecule has 28 heavy (non-hydrogen) atoms. The van der Waals surface area contributed by atoms with Gasteiger partial charge in [-0.25, -0.2) is 13.8 Å². The average molecular weight is 418 g/mol. The predicted molar refractivity (Wildman–Crippen MR) is 108 cm³/mol. The van der Waals surface area contributed by atoms with Gasteiger partial charge < -0.3 is 0 Å². The van der Waals surface area contributed by atoms with Gasteiger partial charge in [0, 0.05) is 23.2 Å². The molecule has 2 heterocycles. The molecule has 1 amide bonds. The quantitative estimate of drug-likeness (QED) is 0.385. The van der Waals surface area contributed by atoms with Crippen LogP contribution in [0.2, 0.25) is 0 Å². The van der Waals surface area contributed by atoms with Crippen molar-refractivity contribution in [2.45, 2.75) is 20.3 Å². The van der Waals surface area contributed by atoms with Crippen LogP contribution in [0.15, 0.2) is 41.8 Å². The SMILES string of the molecule is CCc1ccc(C(=O)/C=C/c2csc(N(C(C)=O)c3ccc(F)cc3F)n2)s1. The molecule has 3 rings (SSSR count). The molecule has 0 fully saturated rings. The normalized spacial score (nSPS) is 11.1. The fourth-order valence-electron chi connectivity index (χ4n) is 2.47. The molecule has 4 nitrogen and oxygen atoms in total. The zero-order valence-corrected chi connectivity index (χ0v) is 16.7. The summed E-state index contributed by atoms with van der Waals surface area (Å²) in [4.78, 5) is 31.4. The number of carbonyl (C=O) groups is 2. The number of amides is 1. The van der Waals surface area contributed by atoms with E-state index in [0.29, 0.717) is 16.6 Å². The summed E-state index contributed by atoms with van der Waals surface area (Å²) in [7, 11) is 0. The molecule has 0 radical (unpaired) electrons. The van der Waals surface area contributed by atoms with Crippen molar-refractivity contribution in [3.05, 3.63) is 68.9 Å². The maximum Gasteiger partial charge on any atom is 0.230 e. The lowest BCUT2D eigenvalue weighted by Crippen LogP contribution is -2.23. The lowest BCUT2D eigenvalue weighted by Gasteiger charge is -2.18. The van der Waals surface area contributed by atoms with Crippen LogP contribution in [0.1, 0.15) is 34.1 Å². The van der Waals surface area contributed by atoms with Crippen LogP contribution in [0, 0.1) is 11.6 Å². The molecule has 0 atom stereocenters. The molecule has 0 aliphatic rings. The van der Waals surface area contributed by atoms with Crippen molar-refractivity contribution in [3.8, 4) is 0 Å². The van der Waals surface area contributed by atoms with E-state index in [9.17, 15) is 18.4 Å². The molecule has 0 unspecified atom stereocenters. The van der Waals surface area contributed by atoms with Gasteiger partial charge in [-0.15, -0.1) is 22.7 Å². The fourth-order valence-corrected chi connectivity index (χ4v) is 4.18. The summed E-state index contributed by atoms with van der Waals surface area (Å²) in [6, 6.07) is 6.69. The van der Waals surface area contributed by atoms with E-state index in [1.54, 1.807) is 17.5 Å². The van der Waals surface area contributed by atoms with Crippen LogP contribution in [0.25, 0.3) is 6.08 Å². The molecular formula is C20H16F2N2O2S2. The molecule has 0 aliphatic carbocycles. The topological polar surface area (TPSA) is 50.3 Å². The van der Waals surface area contributed by atoms with Crippen molar-refractivity contribution in [1.82, 2.24) is 4.98 Å². The number of allylic oxidation sites excluding steroid dienone is 1. The van der Waals surface area contributed by atoms with Crippen molar-refractivity contribution in [3.63, 3.8) is 0 Å². The summed E-state index contributed by atoms with van der Waals surface area (Å²) in [5, 5.41) is 1.89. The number of halogens is 2. The Labute approximate surface area is 168 Å². The highest BCUT2D eigenvalue weighted by molar-refractivity contribution is 7.14. The van der Waals surface area contributed by atoms with E-state index in [4.69, 9.17) is 0 Å². The Kier molecular flexibility index (Phi) is 6.11. The van der Waals surface area contributed by atoms with Gasteiger partial charge in [-0.3, -0.25) is 14.5 Å². The van der Waals surface area contributed by atoms with Crippen molar-refractivity contribution in [1.29, 1.82) is 0 Å². The fraction of sp³-hybridized carbons (Fsp3) is 0.150. The highest BCUT2D eigenvalue weighted by atomic mass is 32.1. The van der Waals surface area contributed by atoms with Crippen LogP contribution in [-0.2, 0) is 11.2 Å². The minimum atomic E-state index is -0.859. The molecule has 144 valence electrons. The molecule has 0 spiro atoms. The lowest BCUT2D eigenvalue weighted by molar-refractivity contribution is -0.115. The second-order valence-electron chi connectivity index (χ2n) is 5.82. The van der Waals surface area contributed by atoms with Gasteiger partial charge in [0.15, 0.2) is 10.9 Å². The molecular weight excluding hydrogens is 402 g/mol. The first kappa shape index (κ1) is 20.0. The molecule has 3 aromatic rings. The number of hydrogen-bond acceptors (Lipinski definition) is 5. The molecule has 1 aromatic carbocycles. The molecule has 0 N–H and O–H groups in total.